The van der Waals surface area contributed by atoms with Gasteiger partial charge in [-0.2, -0.15) is 0 Å². The zero-order valence-electron chi connectivity index (χ0n) is 6.43. The van der Waals surface area contributed by atoms with Crippen LogP contribution in [0.5, 0.6) is 5.75 Å². The molecule has 13 heavy (non-hydrogen) atoms. The summed E-state index contributed by atoms with van der Waals surface area (Å²) in [7, 11) is 0. The molecule has 66 valence electrons. The van der Waals surface area contributed by atoms with E-state index in [9.17, 15) is 4.79 Å². The van der Waals surface area contributed by atoms with Crippen molar-refractivity contribution in [2.75, 3.05) is 0 Å². The fourth-order valence-electron chi connectivity index (χ4n) is 0.911. The van der Waals surface area contributed by atoms with Gasteiger partial charge in [0.15, 0.2) is 0 Å². The van der Waals surface area contributed by atoms with E-state index in [1.165, 1.54) is 12.1 Å². The van der Waals surface area contributed by atoms with Crippen molar-refractivity contribution in [1.82, 2.24) is 5.16 Å². The zero-order chi connectivity index (χ0) is 9.26. The minimum Gasteiger partial charge on any atom is -0.508 e. The molecule has 2 rings (SSSR count). The maximum atomic E-state index is 10.5. The fourth-order valence-corrected chi connectivity index (χ4v) is 0.911. The molecular formula is C8H5NO4. The topological polar surface area (TPSA) is 76.5 Å². The van der Waals surface area contributed by atoms with Gasteiger partial charge in [-0.1, -0.05) is 0 Å². The normalized spacial score (nSPS) is 10.2. The summed E-state index contributed by atoms with van der Waals surface area (Å²) in [5, 5.41) is 12.4. The number of benzene rings is 1. The van der Waals surface area contributed by atoms with E-state index in [0.717, 1.165) is 0 Å². The van der Waals surface area contributed by atoms with Crippen LogP contribution in [-0.2, 0) is 0 Å². The summed E-state index contributed by atoms with van der Waals surface area (Å²) in [5.74, 6) is -0.609. The number of phenols is 1. The summed E-state index contributed by atoms with van der Waals surface area (Å²) in [4.78, 5) is 10.5. The Morgan fingerprint density at radius 3 is 2.46 bits per heavy atom. The van der Waals surface area contributed by atoms with Gasteiger partial charge in [0.1, 0.15) is 5.75 Å². The third kappa shape index (κ3) is 1.44. The summed E-state index contributed by atoms with van der Waals surface area (Å²) in [6, 6.07) is 6.06. The van der Waals surface area contributed by atoms with Crippen molar-refractivity contribution in [2.45, 2.75) is 0 Å². The molecule has 5 nitrogen and oxygen atoms in total. The average Bonchev–Trinajstić information content (AvgIpc) is 2.53. The SMILES string of the molecule is O=c1onc(-c2ccc(O)cc2)o1. The minimum absolute atomic E-state index is 0.102. The van der Waals surface area contributed by atoms with Crippen LogP contribution >= 0.6 is 0 Å². The molecule has 1 heterocycles. The number of aromatic hydroxyl groups is 1. The molecular weight excluding hydrogens is 174 g/mol. The molecule has 0 aliphatic rings. The molecule has 0 saturated carbocycles. The first-order chi connectivity index (χ1) is 6.25. The van der Waals surface area contributed by atoms with Gasteiger partial charge in [-0.15, -0.1) is 0 Å². The molecule has 0 fully saturated rings. The number of hydrogen-bond donors (Lipinski definition) is 1. The number of aromatic nitrogens is 1. The molecule has 0 amide bonds. The van der Waals surface area contributed by atoms with Gasteiger partial charge in [0.05, 0.1) is 0 Å². The molecule has 0 atom stereocenters. The number of nitrogens with zero attached hydrogens (tertiary/aromatic N) is 1. The van der Waals surface area contributed by atoms with Gasteiger partial charge in [-0.25, -0.2) is 4.79 Å². The molecule has 2 aromatic rings. The second kappa shape index (κ2) is 2.78. The van der Waals surface area contributed by atoms with Gasteiger partial charge in [0.2, 0.25) is 0 Å². The fraction of sp³-hybridized carbons (Fsp3) is 0. The Kier molecular flexibility index (Phi) is 1.63. The van der Waals surface area contributed by atoms with Crippen LogP contribution in [0.3, 0.4) is 0 Å². The summed E-state index contributed by atoms with van der Waals surface area (Å²) in [6.07, 6.45) is 0. The lowest BCUT2D eigenvalue weighted by molar-refractivity contribution is 0.335. The van der Waals surface area contributed by atoms with Crippen molar-refractivity contribution in [3.8, 4) is 17.2 Å². The molecule has 0 aliphatic heterocycles. The van der Waals surface area contributed by atoms with Gasteiger partial charge in [-0.3, -0.25) is 4.52 Å². The van der Waals surface area contributed by atoms with Crippen molar-refractivity contribution >= 4 is 0 Å². The highest BCUT2D eigenvalue weighted by Crippen LogP contribution is 2.18. The molecule has 0 radical (unpaired) electrons. The molecule has 5 heteroatoms. The van der Waals surface area contributed by atoms with Gasteiger partial charge >= 0.3 is 5.82 Å². The number of rotatable bonds is 1. The van der Waals surface area contributed by atoms with E-state index >= 15 is 0 Å². The van der Waals surface area contributed by atoms with Crippen LogP contribution < -0.4 is 5.82 Å². The smallest absolute Gasteiger partial charge is 0.508 e. The van der Waals surface area contributed by atoms with Crippen LogP contribution in [0, 0.1) is 0 Å². The Balaban J connectivity index is 2.47. The molecule has 1 aromatic heterocycles. The lowest BCUT2D eigenvalue weighted by Gasteiger charge is -1.92. The largest absolute Gasteiger partial charge is 0.542 e. The van der Waals surface area contributed by atoms with Gasteiger partial charge in [0.25, 0.3) is 5.89 Å². The molecule has 0 bridgehead atoms. The maximum absolute atomic E-state index is 10.5. The number of hydrogen-bond acceptors (Lipinski definition) is 5. The van der Waals surface area contributed by atoms with Crippen molar-refractivity contribution in [3.05, 3.63) is 34.9 Å². The Labute approximate surface area is 72.2 Å². The van der Waals surface area contributed by atoms with Crippen LogP contribution in [0.1, 0.15) is 0 Å². The quantitative estimate of drug-likeness (QED) is 0.706. The Morgan fingerprint density at radius 2 is 1.92 bits per heavy atom. The third-order valence-corrected chi connectivity index (χ3v) is 1.50. The molecule has 0 spiro atoms. The first-order valence-corrected chi connectivity index (χ1v) is 3.52. The highest BCUT2D eigenvalue weighted by atomic mass is 16.6. The molecule has 0 saturated heterocycles. The molecule has 1 N–H and O–H groups in total. The Bertz CT molecular complexity index is 453. The first kappa shape index (κ1) is 7.60. The predicted molar refractivity (Wildman–Crippen MR) is 42.1 cm³/mol. The lowest BCUT2D eigenvalue weighted by Crippen LogP contribution is -1.85. The summed E-state index contributed by atoms with van der Waals surface area (Å²) in [6.45, 7) is 0. The van der Waals surface area contributed by atoms with E-state index in [1.54, 1.807) is 12.1 Å². The van der Waals surface area contributed by atoms with Crippen LogP contribution in [0.4, 0.5) is 0 Å². The van der Waals surface area contributed by atoms with Crippen LogP contribution in [0.2, 0.25) is 0 Å². The highest BCUT2D eigenvalue weighted by molar-refractivity contribution is 5.53. The van der Waals surface area contributed by atoms with Crippen molar-refractivity contribution in [3.63, 3.8) is 0 Å². The van der Waals surface area contributed by atoms with Crippen molar-refractivity contribution < 1.29 is 14.0 Å². The van der Waals surface area contributed by atoms with Crippen LogP contribution in [0.15, 0.2) is 38.0 Å². The van der Waals surface area contributed by atoms with Crippen LogP contribution in [-0.4, -0.2) is 10.3 Å². The monoisotopic (exact) mass is 179 g/mol. The number of phenolic OH excluding ortho intramolecular Hbond substituents is 1. The second-order valence-electron chi connectivity index (χ2n) is 2.39. The van der Waals surface area contributed by atoms with E-state index in [-0.39, 0.29) is 11.6 Å². The van der Waals surface area contributed by atoms with Gasteiger partial charge in [-0.05, 0) is 29.4 Å². The molecule has 1 aromatic carbocycles. The Morgan fingerprint density at radius 1 is 1.23 bits per heavy atom. The summed E-state index contributed by atoms with van der Waals surface area (Å²) in [5.41, 5.74) is 0.573. The maximum Gasteiger partial charge on any atom is 0.542 e. The molecule has 0 aliphatic carbocycles. The summed E-state index contributed by atoms with van der Waals surface area (Å²) >= 11 is 0. The van der Waals surface area contributed by atoms with E-state index in [1.807, 2.05) is 0 Å². The average molecular weight is 179 g/mol. The van der Waals surface area contributed by atoms with Crippen LogP contribution in [0.25, 0.3) is 11.5 Å². The van der Waals surface area contributed by atoms with E-state index < -0.39 is 5.82 Å². The van der Waals surface area contributed by atoms with E-state index in [0.29, 0.717) is 5.56 Å². The van der Waals surface area contributed by atoms with Gasteiger partial charge in [0, 0.05) is 5.56 Å². The molecule has 0 unspecified atom stereocenters. The second-order valence-corrected chi connectivity index (χ2v) is 2.39. The van der Waals surface area contributed by atoms with Gasteiger partial charge < -0.3 is 9.52 Å². The standard InChI is InChI=1S/C8H5NO4/c10-6-3-1-5(2-4-6)7-9-13-8(11)12-7/h1-4,10H. The zero-order valence-corrected chi connectivity index (χ0v) is 6.43. The van der Waals surface area contributed by atoms with Crippen molar-refractivity contribution in [1.29, 1.82) is 0 Å². The third-order valence-electron chi connectivity index (χ3n) is 1.50. The summed E-state index contributed by atoms with van der Waals surface area (Å²) < 4.78 is 8.81. The van der Waals surface area contributed by atoms with E-state index in [4.69, 9.17) is 5.11 Å². The highest BCUT2D eigenvalue weighted by Gasteiger charge is 2.05. The predicted octanol–water partition coefficient (Wildman–Crippen LogP) is 1.00. The lowest BCUT2D eigenvalue weighted by atomic mass is 10.2. The minimum atomic E-state index is -0.844. The van der Waals surface area contributed by atoms with Crippen molar-refractivity contribution in [2.24, 2.45) is 0 Å². The first-order valence-electron chi connectivity index (χ1n) is 3.52. The van der Waals surface area contributed by atoms with E-state index in [2.05, 4.69) is 14.1 Å². The Hall–Kier alpha value is -2.04.